The number of thioether (sulfide) groups is 1. The van der Waals surface area contributed by atoms with E-state index in [2.05, 4.69) is 30.9 Å². The Morgan fingerprint density at radius 2 is 1.76 bits per heavy atom. The van der Waals surface area contributed by atoms with Crippen molar-refractivity contribution in [3.05, 3.63) is 59.7 Å². The molecule has 0 aliphatic carbocycles. The van der Waals surface area contributed by atoms with Crippen molar-refractivity contribution in [1.29, 1.82) is 5.41 Å². The second-order valence-corrected chi connectivity index (χ2v) is 11.1. The van der Waals surface area contributed by atoms with E-state index < -0.39 is 0 Å². The molecule has 0 aromatic heterocycles. The van der Waals surface area contributed by atoms with Crippen molar-refractivity contribution < 1.29 is 4.79 Å². The van der Waals surface area contributed by atoms with Gasteiger partial charge in [-0.15, -0.1) is 11.8 Å². The first-order valence-corrected chi connectivity index (χ1v) is 13.6. The number of carbonyl (C=O) groups excluding carboxylic acids is 1. The average Bonchev–Trinajstić information content (AvgIpc) is 2.82. The Hall–Kier alpha value is -2.31. The number of benzene rings is 2. The van der Waals surface area contributed by atoms with Crippen LogP contribution < -0.4 is 10.6 Å². The lowest BCUT2D eigenvalue weighted by molar-refractivity contribution is -0.118. The molecule has 5 nitrogen and oxygen atoms in total. The van der Waals surface area contributed by atoms with Crippen molar-refractivity contribution in [2.24, 2.45) is 5.73 Å². The Morgan fingerprint density at radius 1 is 1.03 bits per heavy atom. The number of anilines is 1. The summed E-state index contributed by atoms with van der Waals surface area (Å²) in [6.07, 6.45) is 7.98. The van der Waals surface area contributed by atoms with E-state index in [1.54, 1.807) is 11.8 Å². The number of fused-ring (bicyclic) bond motifs is 1. The largest absolute Gasteiger partial charge is 0.384 e. The number of amides is 1. The van der Waals surface area contributed by atoms with Crippen molar-refractivity contribution in [3.8, 4) is 0 Å². The van der Waals surface area contributed by atoms with Gasteiger partial charge in [-0.25, -0.2) is 0 Å². The average molecular weight is 479 g/mol. The van der Waals surface area contributed by atoms with Crippen LogP contribution in [0.3, 0.4) is 0 Å². The van der Waals surface area contributed by atoms with E-state index in [-0.39, 0.29) is 17.0 Å². The van der Waals surface area contributed by atoms with Crippen LogP contribution in [0.25, 0.3) is 0 Å². The first-order valence-electron chi connectivity index (χ1n) is 12.7. The van der Waals surface area contributed by atoms with E-state index in [9.17, 15) is 4.79 Å². The van der Waals surface area contributed by atoms with Gasteiger partial charge >= 0.3 is 0 Å². The van der Waals surface area contributed by atoms with Gasteiger partial charge in [0.2, 0.25) is 5.91 Å². The third-order valence-electron chi connectivity index (χ3n) is 7.30. The molecule has 1 saturated heterocycles. The quantitative estimate of drug-likeness (QED) is 0.285. The van der Waals surface area contributed by atoms with Gasteiger partial charge in [0.1, 0.15) is 5.84 Å². The molecule has 4 rings (SSSR count). The maximum atomic E-state index is 13.5. The van der Waals surface area contributed by atoms with E-state index in [1.165, 1.54) is 30.6 Å². The van der Waals surface area contributed by atoms with Gasteiger partial charge < -0.3 is 10.6 Å². The van der Waals surface area contributed by atoms with Gasteiger partial charge in [-0.05, 0) is 76.3 Å². The molecule has 0 saturated carbocycles. The topological polar surface area (TPSA) is 73.4 Å². The lowest BCUT2D eigenvalue weighted by Crippen LogP contribution is -2.44. The lowest BCUT2D eigenvalue weighted by atomic mass is 9.97. The van der Waals surface area contributed by atoms with Crippen molar-refractivity contribution >= 4 is 29.2 Å². The summed E-state index contributed by atoms with van der Waals surface area (Å²) in [5.74, 6) is 0.250. The van der Waals surface area contributed by atoms with Gasteiger partial charge in [0.15, 0.2) is 0 Å². The number of carbonyl (C=O) groups is 1. The summed E-state index contributed by atoms with van der Waals surface area (Å²) in [4.78, 5) is 19.4. The van der Waals surface area contributed by atoms with Gasteiger partial charge in [-0.2, -0.15) is 0 Å². The normalized spacial score (nSPS) is 23.1. The summed E-state index contributed by atoms with van der Waals surface area (Å²) in [7, 11) is 0. The number of nitrogens with two attached hydrogens (primary N) is 1. The van der Waals surface area contributed by atoms with Gasteiger partial charge in [0, 0.05) is 29.1 Å². The Kier molecular flexibility index (Phi) is 8.32. The zero-order valence-electron chi connectivity index (χ0n) is 20.5. The number of hydrogen-bond acceptors (Lipinski definition) is 4. The molecule has 2 heterocycles. The number of nitrogens with zero attached hydrogens (tertiary/aromatic N) is 2. The molecule has 2 aliphatic heterocycles. The maximum Gasteiger partial charge on any atom is 0.240 e. The Bertz CT molecular complexity index is 999. The number of nitrogen functional groups attached to an aromatic ring is 1. The predicted molar refractivity (Wildman–Crippen MR) is 143 cm³/mol. The number of piperidine rings is 1. The lowest BCUT2D eigenvalue weighted by Gasteiger charge is -2.39. The Morgan fingerprint density at radius 3 is 2.53 bits per heavy atom. The smallest absolute Gasteiger partial charge is 0.240 e. The molecule has 2 aromatic rings. The van der Waals surface area contributed by atoms with Crippen molar-refractivity contribution in [2.75, 3.05) is 18.0 Å². The molecule has 34 heavy (non-hydrogen) atoms. The molecular formula is C28H38N4OS. The zero-order valence-corrected chi connectivity index (χ0v) is 21.3. The molecule has 3 N–H and O–H groups in total. The second-order valence-electron chi connectivity index (χ2n) is 9.81. The van der Waals surface area contributed by atoms with Crippen molar-refractivity contribution in [1.82, 2.24) is 4.90 Å². The minimum Gasteiger partial charge on any atom is -0.384 e. The molecule has 6 heteroatoms. The van der Waals surface area contributed by atoms with E-state index in [1.807, 2.05) is 41.3 Å². The predicted octanol–water partition coefficient (Wildman–Crippen LogP) is 5.45. The molecule has 182 valence electrons. The van der Waals surface area contributed by atoms with Crippen LogP contribution in [0.15, 0.2) is 53.4 Å². The minimum atomic E-state index is -0.160. The summed E-state index contributed by atoms with van der Waals surface area (Å²) < 4.78 is 0. The van der Waals surface area contributed by atoms with Crippen LogP contribution in [-0.4, -0.2) is 47.1 Å². The fourth-order valence-electron chi connectivity index (χ4n) is 5.37. The third kappa shape index (κ3) is 5.84. The SMILES string of the molecule is C[C@@H]1CCC[C@H](C)N1CCCCCN1C(=O)C(Cc2cccc(C(=N)N)c2)Sc2ccccc21. The standard InChI is InChI=1S/C28H38N4OS/c1-20-10-8-11-21(2)31(20)16-6-3-7-17-32-24-14-4-5-15-25(24)34-26(28(32)33)19-22-12-9-13-23(18-22)27(29)30/h4-5,9,12-15,18,20-21,26H,3,6-8,10-11,16-17,19H2,1-2H3,(H3,29,30)/t20-,21+,26?. The van der Waals surface area contributed by atoms with Gasteiger partial charge in [0.05, 0.1) is 10.9 Å². The monoisotopic (exact) mass is 478 g/mol. The van der Waals surface area contributed by atoms with E-state index >= 15 is 0 Å². The first kappa shape index (κ1) is 24.8. The van der Waals surface area contributed by atoms with E-state index in [4.69, 9.17) is 11.1 Å². The summed E-state index contributed by atoms with van der Waals surface area (Å²) in [5.41, 5.74) is 8.47. The van der Waals surface area contributed by atoms with Crippen LogP contribution in [0, 0.1) is 5.41 Å². The highest BCUT2D eigenvalue weighted by Gasteiger charge is 2.33. The minimum absolute atomic E-state index is 0.0600. The van der Waals surface area contributed by atoms with Gasteiger partial charge in [-0.3, -0.25) is 15.1 Å². The first-order chi connectivity index (χ1) is 16.4. The fourth-order valence-corrected chi connectivity index (χ4v) is 6.64. The molecule has 0 radical (unpaired) electrons. The summed E-state index contributed by atoms with van der Waals surface area (Å²) >= 11 is 1.66. The molecule has 2 aliphatic rings. The number of para-hydroxylation sites is 1. The van der Waals surface area contributed by atoms with Crippen molar-refractivity contribution in [3.63, 3.8) is 0 Å². The molecule has 1 fully saturated rings. The van der Waals surface area contributed by atoms with Gasteiger partial charge in [-0.1, -0.05) is 43.2 Å². The zero-order chi connectivity index (χ0) is 24.1. The van der Waals surface area contributed by atoms with Crippen LogP contribution >= 0.6 is 11.8 Å². The second kappa shape index (κ2) is 11.4. The molecule has 3 atom stereocenters. The number of unbranched alkanes of at least 4 members (excludes halogenated alkanes) is 2. The number of likely N-dealkylation sites (tertiary alicyclic amines) is 1. The van der Waals surface area contributed by atoms with E-state index in [0.717, 1.165) is 37.2 Å². The highest BCUT2D eigenvalue weighted by Crippen LogP contribution is 2.40. The highest BCUT2D eigenvalue weighted by molar-refractivity contribution is 8.01. The number of nitrogens with one attached hydrogen (secondary N) is 1. The Balaban J connectivity index is 1.37. The molecule has 1 unspecified atom stereocenters. The highest BCUT2D eigenvalue weighted by atomic mass is 32.2. The number of hydrogen-bond donors (Lipinski definition) is 2. The molecular weight excluding hydrogens is 440 g/mol. The van der Waals surface area contributed by atoms with E-state index in [0.29, 0.717) is 24.1 Å². The Labute approximate surface area is 208 Å². The summed E-state index contributed by atoms with van der Waals surface area (Å²) in [5, 5.41) is 7.55. The number of amidine groups is 1. The van der Waals surface area contributed by atoms with Gasteiger partial charge in [0.25, 0.3) is 0 Å². The molecule has 0 bridgehead atoms. The summed E-state index contributed by atoms with van der Waals surface area (Å²) in [6.45, 7) is 6.66. The molecule has 1 amide bonds. The number of rotatable bonds is 9. The van der Waals surface area contributed by atoms with Crippen LogP contribution in [0.5, 0.6) is 0 Å². The van der Waals surface area contributed by atoms with Crippen LogP contribution in [0.4, 0.5) is 5.69 Å². The van der Waals surface area contributed by atoms with Crippen LogP contribution in [0.2, 0.25) is 0 Å². The third-order valence-corrected chi connectivity index (χ3v) is 8.55. The van der Waals surface area contributed by atoms with Crippen molar-refractivity contribution in [2.45, 2.75) is 81.0 Å². The van der Waals surface area contributed by atoms with Crippen LogP contribution in [-0.2, 0) is 11.2 Å². The molecule has 2 aromatic carbocycles. The maximum absolute atomic E-state index is 13.5. The summed E-state index contributed by atoms with van der Waals surface area (Å²) in [6, 6.07) is 17.4. The molecule has 0 spiro atoms. The fraction of sp³-hybridized carbons (Fsp3) is 0.500. The van der Waals surface area contributed by atoms with Crippen LogP contribution in [0.1, 0.15) is 63.5 Å².